The molecule has 2 heteroatoms. The molecule has 0 radical (unpaired) electrons. The second-order valence-corrected chi connectivity index (χ2v) is 4.55. The Bertz CT molecular complexity index is 119. The summed E-state index contributed by atoms with van der Waals surface area (Å²) < 4.78 is 0. The van der Waals surface area contributed by atoms with Gasteiger partial charge in [-0.1, -0.05) is 25.8 Å². The van der Waals surface area contributed by atoms with Gasteiger partial charge in [0.1, 0.15) is 0 Å². The molecule has 14 heavy (non-hydrogen) atoms. The van der Waals surface area contributed by atoms with Crippen LogP contribution in [0.5, 0.6) is 0 Å². The molecule has 1 unspecified atom stereocenters. The van der Waals surface area contributed by atoms with Crippen molar-refractivity contribution in [3.8, 4) is 0 Å². The van der Waals surface area contributed by atoms with Crippen molar-refractivity contribution in [2.75, 3.05) is 18.6 Å². The quantitative estimate of drug-likeness (QED) is 0.442. The molecule has 0 saturated heterocycles. The Balaban J connectivity index is 3.34. The molecule has 84 valence electrons. The van der Waals surface area contributed by atoms with E-state index in [1.54, 1.807) is 0 Å². The zero-order valence-electron chi connectivity index (χ0n) is 9.72. The van der Waals surface area contributed by atoms with E-state index < -0.39 is 0 Å². The highest BCUT2D eigenvalue weighted by atomic mass is 32.2. The molecule has 0 heterocycles. The van der Waals surface area contributed by atoms with Gasteiger partial charge in [-0.05, 0) is 32.1 Å². The van der Waals surface area contributed by atoms with E-state index >= 15 is 0 Å². The van der Waals surface area contributed by atoms with Crippen LogP contribution in [0.25, 0.3) is 0 Å². The highest BCUT2D eigenvalue weighted by Crippen LogP contribution is 2.09. The van der Waals surface area contributed by atoms with Crippen molar-refractivity contribution in [2.45, 2.75) is 45.1 Å². The van der Waals surface area contributed by atoms with Crippen LogP contribution in [0.1, 0.15) is 39.0 Å². The number of allylic oxidation sites excluding steroid dienone is 1. The van der Waals surface area contributed by atoms with Crippen molar-refractivity contribution < 1.29 is 0 Å². The monoisotopic (exact) mass is 215 g/mol. The molecular weight excluding hydrogens is 190 g/mol. The minimum atomic E-state index is 0.721. The minimum absolute atomic E-state index is 0.721. The number of hydrogen-bond acceptors (Lipinski definition) is 2. The first kappa shape index (κ1) is 14.1. The molecule has 0 saturated carbocycles. The van der Waals surface area contributed by atoms with E-state index in [0.29, 0.717) is 0 Å². The number of nitrogens with one attached hydrogen (secondary N) is 1. The lowest BCUT2D eigenvalue weighted by Gasteiger charge is -2.16. The van der Waals surface area contributed by atoms with Crippen molar-refractivity contribution >= 4 is 11.8 Å². The predicted octanol–water partition coefficient (Wildman–Crippen LogP) is 3.46. The lowest BCUT2D eigenvalue weighted by Crippen LogP contribution is -2.30. The maximum Gasteiger partial charge on any atom is 0.0157 e. The van der Waals surface area contributed by atoms with E-state index in [0.717, 1.165) is 12.6 Å². The molecular formula is C12H25NS. The minimum Gasteiger partial charge on any atom is -0.313 e. The van der Waals surface area contributed by atoms with E-state index in [1.807, 2.05) is 17.8 Å². The van der Waals surface area contributed by atoms with Gasteiger partial charge in [-0.3, -0.25) is 0 Å². The summed E-state index contributed by atoms with van der Waals surface area (Å²) in [6, 6.07) is 0.721. The summed E-state index contributed by atoms with van der Waals surface area (Å²) in [6.45, 7) is 7.02. The zero-order chi connectivity index (χ0) is 10.6. The van der Waals surface area contributed by atoms with E-state index in [-0.39, 0.29) is 0 Å². The van der Waals surface area contributed by atoms with Crippen LogP contribution in [0.2, 0.25) is 0 Å². The fourth-order valence-electron chi connectivity index (χ4n) is 1.59. The third-order valence-corrected chi connectivity index (χ3v) is 3.06. The molecule has 0 aliphatic rings. The van der Waals surface area contributed by atoms with Crippen LogP contribution in [0.4, 0.5) is 0 Å². The summed E-state index contributed by atoms with van der Waals surface area (Å²) >= 11 is 1.94. The third-order valence-electron chi connectivity index (χ3n) is 2.32. The maximum atomic E-state index is 3.74. The summed E-state index contributed by atoms with van der Waals surface area (Å²) in [5, 5.41) is 3.53. The first-order valence-corrected chi connectivity index (χ1v) is 7.07. The van der Waals surface area contributed by atoms with Crippen molar-refractivity contribution in [1.29, 1.82) is 0 Å². The largest absolute Gasteiger partial charge is 0.313 e. The van der Waals surface area contributed by atoms with Crippen LogP contribution in [0.3, 0.4) is 0 Å². The molecule has 0 amide bonds. The number of thioether (sulfide) groups is 1. The van der Waals surface area contributed by atoms with Gasteiger partial charge >= 0.3 is 0 Å². The Labute approximate surface area is 93.7 Å². The van der Waals surface area contributed by atoms with E-state index in [9.17, 15) is 0 Å². The summed E-state index contributed by atoms with van der Waals surface area (Å²) in [6.07, 6.45) is 10.7. The van der Waals surface area contributed by atoms with Crippen LogP contribution in [0.15, 0.2) is 12.7 Å². The standard InChI is InChI=1S/C12H25NS/c1-4-6-7-8-9-10-12(11-14-3)13-5-2/h4,12-13H,1,5-11H2,2-3H3. The van der Waals surface area contributed by atoms with Gasteiger partial charge in [-0.15, -0.1) is 6.58 Å². The Morgan fingerprint density at radius 2 is 2.14 bits per heavy atom. The predicted molar refractivity (Wildman–Crippen MR) is 69.1 cm³/mol. The van der Waals surface area contributed by atoms with Crippen LogP contribution in [0, 0.1) is 0 Å². The van der Waals surface area contributed by atoms with E-state index in [4.69, 9.17) is 0 Å². The number of rotatable bonds is 10. The Morgan fingerprint density at radius 1 is 1.36 bits per heavy atom. The molecule has 0 aliphatic carbocycles. The molecule has 0 rings (SSSR count). The molecule has 0 fully saturated rings. The van der Waals surface area contributed by atoms with Crippen LogP contribution < -0.4 is 5.32 Å². The van der Waals surface area contributed by atoms with Gasteiger partial charge in [0.05, 0.1) is 0 Å². The normalized spacial score (nSPS) is 12.7. The van der Waals surface area contributed by atoms with Gasteiger partial charge in [0.25, 0.3) is 0 Å². The summed E-state index contributed by atoms with van der Waals surface area (Å²) in [4.78, 5) is 0. The Hall–Kier alpha value is 0.0500. The summed E-state index contributed by atoms with van der Waals surface area (Å²) in [5.74, 6) is 1.25. The van der Waals surface area contributed by atoms with Gasteiger partial charge in [0.15, 0.2) is 0 Å². The molecule has 0 aromatic heterocycles. The zero-order valence-corrected chi connectivity index (χ0v) is 10.5. The second-order valence-electron chi connectivity index (χ2n) is 3.64. The molecule has 0 aromatic carbocycles. The molecule has 0 aliphatic heterocycles. The highest BCUT2D eigenvalue weighted by Gasteiger charge is 2.04. The topological polar surface area (TPSA) is 12.0 Å². The molecule has 1 nitrogen and oxygen atoms in total. The van der Waals surface area contributed by atoms with Crippen molar-refractivity contribution in [1.82, 2.24) is 5.32 Å². The molecule has 0 bridgehead atoms. The van der Waals surface area contributed by atoms with Crippen molar-refractivity contribution in [3.63, 3.8) is 0 Å². The first-order valence-electron chi connectivity index (χ1n) is 5.68. The second kappa shape index (κ2) is 11.1. The maximum absolute atomic E-state index is 3.74. The smallest absolute Gasteiger partial charge is 0.0157 e. The lowest BCUT2D eigenvalue weighted by molar-refractivity contribution is 0.503. The van der Waals surface area contributed by atoms with Gasteiger partial charge in [0, 0.05) is 11.8 Å². The summed E-state index contributed by atoms with van der Waals surface area (Å²) in [7, 11) is 0. The molecule has 0 spiro atoms. The average molecular weight is 215 g/mol. The summed E-state index contributed by atoms with van der Waals surface area (Å²) in [5.41, 5.74) is 0. The van der Waals surface area contributed by atoms with Crippen LogP contribution >= 0.6 is 11.8 Å². The lowest BCUT2D eigenvalue weighted by atomic mass is 10.1. The number of unbranched alkanes of at least 4 members (excludes halogenated alkanes) is 3. The SMILES string of the molecule is C=CCCCCCC(CSC)NCC. The van der Waals surface area contributed by atoms with Crippen LogP contribution in [-0.4, -0.2) is 24.6 Å². The fraction of sp³-hybridized carbons (Fsp3) is 0.833. The Morgan fingerprint density at radius 3 is 2.71 bits per heavy atom. The van der Waals surface area contributed by atoms with Gasteiger partial charge in [-0.2, -0.15) is 11.8 Å². The van der Waals surface area contributed by atoms with Gasteiger partial charge in [0.2, 0.25) is 0 Å². The molecule has 1 atom stereocenters. The van der Waals surface area contributed by atoms with Gasteiger partial charge < -0.3 is 5.32 Å². The van der Waals surface area contributed by atoms with E-state index in [2.05, 4.69) is 25.1 Å². The Kier molecular flexibility index (Phi) is 11.2. The fourth-order valence-corrected chi connectivity index (χ4v) is 2.28. The third kappa shape index (κ3) is 8.64. The first-order chi connectivity index (χ1) is 6.85. The molecule has 1 N–H and O–H groups in total. The number of hydrogen-bond donors (Lipinski definition) is 1. The van der Waals surface area contributed by atoms with Crippen LogP contribution in [-0.2, 0) is 0 Å². The average Bonchev–Trinajstić information content (AvgIpc) is 2.18. The van der Waals surface area contributed by atoms with Gasteiger partial charge in [-0.25, -0.2) is 0 Å². The highest BCUT2D eigenvalue weighted by molar-refractivity contribution is 7.98. The van der Waals surface area contributed by atoms with Crippen molar-refractivity contribution in [3.05, 3.63) is 12.7 Å². The van der Waals surface area contributed by atoms with Crippen molar-refractivity contribution in [2.24, 2.45) is 0 Å². The molecule has 0 aromatic rings. The van der Waals surface area contributed by atoms with E-state index in [1.165, 1.54) is 37.9 Å².